The molecular formula is C17H27N3O3. The minimum atomic E-state index is -0.456. The van der Waals surface area contributed by atoms with Gasteiger partial charge in [0, 0.05) is 17.8 Å². The van der Waals surface area contributed by atoms with Crippen molar-refractivity contribution in [2.45, 2.75) is 52.5 Å². The van der Waals surface area contributed by atoms with Crippen LogP contribution in [-0.4, -0.2) is 23.4 Å². The molecule has 0 spiro atoms. The highest BCUT2D eigenvalue weighted by molar-refractivity contribution is 5.94. The van der Waals surface area contributed by atoms with E-state index in [0.717, 1.165) is 32.2 Å². The molecule has 0 saturated heterocycles. The third-order valence-electron chi connectivity index (χ3n) is 3.54. The molecular weight excluding hydrogens is 294 g/mol. The number of amides is 1. The fraction of sp³-hybridized carbons (Fsp3) is 0.588. The van der Waals surface area contributed by atoms with Crippen molar-refractivity contribution in [3.05, 3.63) is 34.4 Å². The zero-order valence-corrected chi connectivity index (χ0v) is 14.2. The molecule has 0 aliphatic rings. The van der Waals surface area contributed by atoms with Gasteiger partial charge in [-0.15, -0.1) is 0 Å². The van der Waals surface area contributed by atoms with Crippen molar-refractivity contribution < 1.29 is 9.72 Å². The molecule has 0 fully saturated rings. The number of hydrogen-bond donors (Lipinski definition) is 2. The summed E-state index contributed by atoms with van der Waals surface area (Å²) in [5.41, 5.74) is 0.587. The lowest BCUT2D eigenvalue weighted by Gasteiger charge is -2.20. The summed E-state index contributed by atoms with van der Waals surface area (Å²) < 4.78 is 0. The number of carbonyl (C=O) groups is 1. The number of nitrogens with one attached hydrogen (secondary N) is 2. The van der Waals surface area contributed by atoms with Crippen molar-refractivity contribution in [2.75, 3.05) is 11.9 Å². The van der Waals surface area contributed by atoms with Gasteiger partial charge in [-0.25, -0.2) is 0 Å². The lowest BCUT2D eigenvalue weighted by molar-refractivity contribution is -0.384. The summed E-state index contributed by atoms with van der Waals surface area (Å²) in [6.45, 7) is 7.13. The minimum absolute atomic E-state index is 0.0134. The molecule has 2 N–H and O–H groups in total. The Morgan fingerprint density at radius 1 is 1.22 bits per heavy atom. The molecule has 1 atom stereocenters. The van der Waals surface area contributed by atoms with Gasteiger partial charge in [0.1, 0.15) is 0 Å². The quantitative estimate of drug-likeness (QED) is 0.391. The van der Waals surface area contributed by atoms with Crippen molar-refractivity contribution in [2.24, 2.45) is 5.92 Å². The molecule has 0 radical (unpaired) electrons. The second kappa shape index (κ2) is 9.94. The zero-order valence-electron chi connectivity index (χ0n) is 14.2. The molecule has 0 unspecified atom stereocenters. The fourth-order valence-electron chi connectivity index (χ4n) is 2.30. The van der Waals surface area contributed by atoms with E-state index >= 15 is 0 Å². The van der Waals surface area contributed by atoms with Gasteiger partial charge in [0.25, 0.3) is 5.69 Å². The fourth-order valence-corrected chi connectivity index (χ4v) is 2.30. The van der Waals surface area contributed by atoms with E-state index in [1.807, 2.05) is 0 Å². The molecule has 1 rings (SSSR count). The lowest BCUT2D eigenvalue weighted by Crippen LogP contribution is -2.41. The molecule has 1 aromatic rings. The van der Waals surface area contributed by atoms with Crippen LogP contribution < -0.4 is 10.6 Å². The van der Waals surface area contributed by atoms with E-state index in [2.05, 4.69) is 31.4 Å². The topological polar surface area (TPSA) is 84.3 Å². The first-order valence-electron chi connectivity index (χ1n) is 8.22. The Balaban J connectivity index is 2.62. The van der Waals surface area contributed by atoms with E-state index in [4.69, 9.17) is 0 Å². The Labute approximate surface area is 137 Å². The maximum Gasteiger partial charge on any atom is 0.269 e. The number of hydrogen-bond acceptors (Lipinski definition) is 4. The van der Waals surface area contributed by atoms with Crippen LogP contribution in [0.3, 0.4) is 0 Å². The number of rotatable bonds is 10. The summed E-state index contributed by atoms with van der Waals surface area (Å²) in [6, 6.07) is 5.64. The van der Waals surface area contributed by atoms with Gasteiger partial charge < -0.3 is 10.6 Å². The van der Waals surface area contributed by atoms with E-state index in [0.29, 0.717) is 11.6 Å². The molecule has 0 aliphatic heterocycles. The van der Waals surface area contributed by atoms with Crippen molar-refractivity contribution in [1.82, 2.24) is 5.32 Å². The third-order valence-corrected chi connectivity index (χ3v) is 3.54. The first-order chi connectivity index (χ1) is 10.9. The molecule has 128 valence electrons. The van der Waals surface area contributed by atoms with E-state index in [-0.39, 0.29) is 17.6 Å². The van der Waals surface area contributed by atoms with Crippen LogP contribution in [0.25, 0.3) is 0 Å². The highest BCUT2D eigenvalue weighted by atomic mass is 16.6. The summed E-state index contributed by atoms with van der Waals surface area (Å²) in [6.07, 6.45) is 4.09. The highest BCUT2D eigenvalue weighted by Gasteiger charge is 2.19. The molecule has 0 aromatic heterocycles. The van der Waals surface area contributed by atoms with Crippen LogP contribution in [0.1, 0.15) is 46.5 Å². The summed E-state index contributed by atoms with van der Waals surface area (Å²) in [5.74, 6) is 0.310. The van der Waals surface area contributed by atoms with Gasteiger partial charge in [-0.05, 0) is 37.4 Å². The van der Waals surface area contributed by atoms with Gasteiger partial charge in [-0.1, -0.05) is 33.6 Å². The van der Waals surface area contributed by atoms with Gasteiger partial charge in [-0.2, -0.15) is 0 Å². The first-order valence-corrected chi connectivity index (χ1v) is 8.22. The minimum Gasteiger partial charge on any atom is -0.325 e. The summed E-state index contributed by atoms with van der Waals surface area (Å²) in [4.78, 5) is 22.6. The van der Waals surface area contributed by atoms with Crippen LogP contribution in [0, 0.1) is 16.0 Å². The molecule has 6 nitrogen and oxygen atoms in total. The average Bonchev–Trinajstić information content (AvgIpc) is 2.50. The normalized spacial score (nSPS) is 12.2. The number of nitro groups is 1. The van der Waals surface area contributed by atoms with Gasteiger partial charge in [0.15, 0.2) is 0 Å². The first kappa shape index (κ1) is 19.1. The number of carbonyl (C=O) groups excluding carboxylic acids is 1. The zero-order chi connectivity index (χ0) is 17.2. The summed E-state index contributed by atoms with van der Waals surface area (Å²) in [7, 11) is 0. The van der Waals surface area contributed by atoms with Crippen molar-refractivity contribution in [3.63, 3.8) is 0 Å². The smallest absolute Gasteiger partial charge is 0.269 e. The van der Waals surface area contributed by atoms with Gasteiger partial charge in [0.05, 0.1) is 11.0 Å². The number of benzene rings is 1. The second-order valence-electron chi connectivity index (χ2n) is 6.14. The molecule has 0 saturated carbocycles. The third kappa shape index (κ3) is 7.23. The maximum atomic E-state index is 12.4. The van der Waals surface area contributed by atoms with Crippen LogP contribution in [0.15, 0.2) is 24.3 Å². The number of anilines is 1. The maximum absolute atomic E-state index is 12.4. The van der Waals surface area contributed by atoms with Crippen molar-refractivity contribution >= 4 is 17.3 Å². The monoisotopic (exact) mass is 321 g/mol. The Bertz CT molecular complexity index is 500. The van der Waals surface area contributed by atoms with E-state index in [1.54, 1.807) is 12.1 Å². The SMILES string of the molecule is CCCCCN[C@@H](CC(C)C)C(=O)Nc1ccc([N+](=O)[O-])cc1. The van der Waals surface area contributed by atoms with Crippen LogP contribution in [0.5, 0.6) is 0 Å². The lowest BCUT2D eigenvalue weighted by atomic mass is 10.0. The number of unbranched alkanes of at least 4 members (excludes halogenated alkanes) is 2. The molecule has 23 heavy (non-hydrogen) atoms. The average molecular weight is 321 g/mol. The Kier molecular flexibility index (Phi) is 8.26. The molecule has 1 amide bonds. The summed E-state index contributed by atoms with van der Waals surface area (Å²) in [5, 5.41) is 16.8. The number of non-ortho nitro benzene ring substituents is 1. The van der Waals surface area contributed by atoms with Gasteiger partial charge >= 0.3 is 0 Å². The predicted octanol–water partition coefficient (Wildman–Crippen LogP) is 3.73. The molecule has 6 heteroatoms. The largest absolute Gasteiger partial charge is 0.325 e. The standard InChI is InChI=1S/C17H27N3O3/c1-4-5-6-11-18-16(12-13(2)3)17(21)19-14-7-9-15(10-8-14)20(22)23/h7-10,13,16,18H,4-6,11-12H2,1-3H3,(H,19,21)/t16-/m0/s1. The van der Waals surface area contributed by atoms with Crippen LogP contribution in [-0.2, 0) is 4.79 Å². The molecule has 0 heterocycles. The number of nitrogens with zero attached hydrogens (tertiary/aromatic N) is 1. The molecule has 0 aliphatic carbocycles. The van der Waals surface area contributed by atoms with Crippen LogP contribution in [0.2, 0.25) is 0 Å². The molecule has 0 bridgehead atoms. The van der Waals surface area contributed by atoms with Crippen molar-refractivity contribution in [1.29, 1.82) is 0 Å². The van der Waals surface area contributed by atoms with Gasteiger partial charge in [-0.3, -0.25) is 14.9 Å². The van der Waals surface area contributed by atoms with E-state index in [9.17, 15) is 14.9 Å². The van der Waals surface area contributed by atoms with Crippen LogP contribution in [0.4, 0.5) is 11.4 Å². The number of nitro benzene ring substituents is 1. The summed E-state index contributed by atoms with van der Waals surface area (Å²) >= 11 is 0. The van der Waals surface area contributed by atoms with E-state index < -0.39 is 4.92 Å². The van der Waals surface area contributed by atoms with Crippen molar-refractivity contribution in [3.8, 4) is 0 Å². The highest BCUT2D eigenvalue weighted by Crippen LogP contribution is 2.16. The van der Waals surface area contributed by atoms with E-state index in [1.165, 1.54) is 12.1 Å². The Hall–Kier alpha value is -1.95. The van der Waals surface area contributed by atoms with Crippen LogP contribution >= 0.6 is 0 Å². The molecule has 1 aromatic carbocycles. The second-order valence-corrected chi connectivity index (χ2v) is 6.14. The predicted molar refractivity (Wildman–Crippen MR) is 92.5 cm³/mol. The Morgan fingerprint density at radius 3 is 2.39 bits per heavy atom. The van der Waals surface area contributed by atoms with Gasteiger partial charge in [0.2, 0.25) is 5.91 Å². The Morgan fingerprint density at radius 2 is 1.87 bits per heavy atom.